The molecule has 0 aliphatic carbocycles. The molecule has 1 atom stereocenters. The van der Waals surface area contributed by atoms with Gasteiger partial charge in [0.05, 0.1) is 20.3 Å². The zero-order chi connectivity index (χ0) is 21.9. The van der Waals surface area contributed by atoms with Gasteiger partial charge >= 0.3 is 6.09 Å². The lowest BCUT2D eigenvalue weighted by Crippen LogP contribution is -2.42. The standard InChI is InChI=1S/C26H35NO4/c1-3-4-17-30-26(28)27-16-8-10-22(19-27)20-31-25-13-6-5-11-23(25)15-14-21-9-7-12-24(18-21)29-2/h5-7,9,11-13,18,22H,3-4,8,10,14-17,19-20H2,1-2H3. The van der Waals surface area contributed by atoms with Gasteiger partial charge in [-0.1, -0.05) is 43.7 Å². The summed E-state index contributed by atoms with van der Waals surface area (Å²) in [5, 5.41) is 0. The average molecular weight is 426 g/mol. The first-order chi connectivity index (χ1) is 15.2. The van der Waals surface area contributed by atoms with Crippen molar-refractivity contribution in [3.05, 3.63) is 59.7 Å². The van der Waals surface area contributed by atoms with Crippen LogP contribution in [-0.2, 0) is 17.6 Å². The molecule has 1 amide bonds. The van der Waals surface area contributed by atoms with Gasteiger partial charge in [-0.05, 0) is 61.4 Å². The molecule has 0 radical (unpaired) electrons. The summed E-state index contributed by atoms with van der Waals surface area (Å²) >= 11 is 0. The van der Waals surface area contributed by atoms with Gasteiger partial charge in [-0.3, -0.25) is 0 Å². The second-order valence-electron chi connectivity index (χ2n) is 8.19. The number of ether oxygens (including phenoxy) is 3. The highest BCUT2D eigenvalue weighted by Gasteiger charge is 2.25. The van der Waals surface area contributed by atoms with Crippen LogP contribution >= 0.6 is 0 Å². The smallest absolute Gasteiger partial charge is 0.409 e. The van der Waals surface area contributed by atoms with Crippen LogP contribution in [0.4, 0.5) is 4.79 Å². The predicted molar refractivity (Wildman–Crippen MR) is 123 cm³/mol. The Morgan fingerprint density at radius 2 is 2.00 bits per heavy atom. The third kappa shape index (κ3) is 7.20. The van der Waals surface area contributed by atoms with Crippen LogP contribution in [0.3, 0.4) is 0 Å². The van der Waals surface area contributed by atoms with Crippen molar-refractivity contribution < 1.29 is 19.0 Å². The lowest BCUT2D eigenvalue weighted by Gasteiger charge is -2.32. The van der Waals surface area contributed by atoms with E-state index in [2.05, 4.69) is 31.2 Å². The van der Waals surface area contributed by atoms with Crippen LogP contribution in [0.2, 0.25) is 0 Å². The fourth-order valence-corrected chi connectivity index (χ4v) is 3.93. The lowest BCUT2D eigenvalue weighted by atomic mass is 9.99. The monoisotopic (exact) mass is 425 g/mol. The molecule has 1 unspecified atom stereocenters. The van der Waals surface area contributed by atoms with E-state index in [9.17, 15) is 4.79 Å². The summed E-state index contributed by atoms with van der Waals surface area (Å²) in [6, 6.07) is 16.5. The Morgan fingerprint density at radius 3 is 2.84 bits per heavy atom. The number of unbranched alkanes of at least 4 members (excludes halogenated alkanes) is 1. The Hall–Kier alpha value is -2.69. The molecule has 1 aliphatic rings. The number of hydrogen-bond acceptors (Lipinski definition) is 4. The summed E-state index contributed by atoms with van der Waals surface area (Å²) in [6.45, 7) is 4.70. The molecule has 5 nitrogen and oxygen atoms in total. The number of hydrogen-bond donors (Lipinski definition) is 0. The highest BCUT2D eigenvalue weighted by molar-refractivity contribution is 5.67. The molecule has 0 saturated carbocycles. The number of carbonyl (C=O) groups excluding carboxylic acids is 1. The van der Waals surface area contributed by atoms with Crippen molar-refractivity contribution in [2.24, 2.45) is 5.92 Å². The summed E-state index contributed by atoms with van der Waals surface area (Å²) in [7, 11) is 1.69. The molecule has 0 N–H and O–H groups in total. The fraction of sp³-hybridized carbons (Fsp3) is 0.500. The topological polar surface area (TPSA) is 48.0 Å². The molecular formula is C26H35NO4. The number of nitrogens with zero attached hydrogens (tertiary/aromatic N) is 1. The van der Waals surface area contributed by atoms with E-state index in [1.807, 2.05) is 29.2 Å². The zero-order valence-electron chi connectivity index (χ0n) is 18.8. The van der Waals surface area contributed by atoms with Gasteiger partial charge in [0.1, 0.15) is 11.5 Å². The molecule has 3 rings (SSSR count). The Labute approximate surface area is 186 Å². The highest BCUT2D eigenvalue weighted by atomic mass is 16.6. The minimum Gasteiger partial charge on any atom is -0.497 e. The van der Waals surface area contributed by atoms with Crippen molar-refractivity contribution in [1.29, 1.82) is 0 Å². The SMILES string of the molecule is CCCCOC(=O)N1CCCC(COc2ccccc2CCc2cccc(OC)c2)C1. The Bertz CT molecular complexity index is 823. The van der Waals surface area contributed by atoms with Crippen molar-refractivity contribution >= 4 is 6.09 Å². The number of methoxy groups -OCH3 is 1. The third-order valence-electron chi connectivity index (χ3n) is 5.76. The van der Waals surface area contributed by atoms with E-state index >= 15 is 0 Å². The van der Waals surface area contributed by atoms with Crippen LogP contribution in [0.1, 0.15) is 43.7 Å². The van der Waals surface area contributed by atoms with Crippen molar-refractivity contribution in [1.82, 2.24) is 4.90 Å². The second kappa shape index (κ2) is 12.2. The largest absolute Gasteiger partial charge is 0.497 e. The molecule has 0 aromatic heterocycles. The summed E-state index contributed by atoms with van der Waals surface area (Å²) in [5.74, 6) is 2.16. The number of carbonyl (C=O) groups is 1. The Morgan fingerprint density at radius 1 is 1.13 bits per heavy atom. The van der Waals surface area contributed by atoms with Gasteiger partial charge in [0.2, 0.25) is 0 Å². The van der Waals surface area contributed by atoms with Gasteiger partial charge in [0.15, 0.2) is 0 Å². The maximum Gasteiger partial charge on any atom is 0.409 e. The number of amides is 1. The van der Waals surface area contributed by atoms with E-state index in [0.29, 0.717) is 25.7 Å². The molecule has 5 heteroatoms. The molecule has 31 heavy (non-hydrogen) atoms. The van der Waals surface area contributed by atoms with Crippen molar-refractivity contribution in [3.63, 3.8) is 0 Å². The summed E-state index contributed by atoms with van der Waals surface area (Å²) in [5.41, 5.74) is 2.45. The zero-order valence-corrected chi connectivity index (χ0v) is 18.8. The molecule has 2 aromatic carbocycles. The quantitative estimate of drug-likeness (QED) is 0.471. The van der Waals surface area contributed by atoms with Gasteiger partial charge < -0.3 is 19.1 Å². The third-order valence-corrected chi connectivity index (χ3v) is 5.76. The molecule has 1 heterocycles. The molecule has 0 bridgehead atoms. The number of likely N-dealkylation sites (tertiary alicyclic amines) is 1. The van der Waals surface area contributed by atoms with E-state index in [-0.39, 0.29) is 6.09 Å². The molecule has 168 valence electrons. The van der Waals surface area contributed by atoms with Crippen LogP contribution in [-0.4, -0.2) is 44.4 Å². The first kappa shape index (κ1) is 23.0. The molecular weight excluding hydrogens is 390 g/mol. The number of para-hydroxylation sites is 1. The van der Waals surface area contributed by atoms with Crippen LogP contribution in [0.15, 0.2) is 48.5 Å². The summed E-state index contributed by atoms with van der Waals surface area (Å²) in [4.78, 5) is 14.1. The normalized spacial score (nSPS) is 16.1. The summed E-state index contributed by atoms with van der Waals surface area (Å²) < 4.78 is 16.9. The van der Waals surface area contributed by atoms with Crippen LogP contribution in [0.5, 0.6) is 11.5 Å². The van der Waals surface area contributed by atoms with E-state index < -0.39 is 0 Å². The first-order valence-electron chi connectivity index (χ1n) is 11.4. The Kier molecular flexibility index (Phi) is 9.07. The molecule has 0 spiro atoms. The van der Waals surface area contributed by atoms with Gasteiger partial charge in [-0.15, -0.1) is 0 Å². The Balaban J connectivity index is 1.51. The maximum absolute atomic E-state index is 12.3. The van der Waals surface area contributed by atoms with E-state index in [1.165, 1.54) is 11.1 Å². The minimum atomic E-state index is -0.183. The minimum absolute atomic E-state index is 0.183. The van der Waals surface area contributed by atoms with E-state index in [0.717, 1.165) is 56.6 Å². The van der Waals surface area contributed by atoms with Gasteiger partial charge in [-0.25, -0.2) is 4.79 Å². The van der Waals surface area contributed by atoms with Crippen molar-refractivity contribution in [2.45, 2.75) is 45.4 Å². The first-order valence-corrected chi connectivity index (χ1v) is 11.4. The maximum atomic E-state index is 12.3. The van der Waals surface area contributed by atoms with Crippen molar-refractivity contribution in [3.8, 4) is 11.5 Å². The van der Waals surface area contributed by atoms with E-state index in [4.69, 9.17) is 14.2 Å². The van der Waals surface area contributed by atoms with E-state index in [1.54, 1.807) is 7.11 Å². The van der Waals surface area contributed by atoms with Gasteiger partial charge in [-0.2, -0.15) is 0 Å². The van der Waals surface area contributed by atoms with Gasteiger partial charge in [0.25, 0.3) is 0 Å². The van der Waals surface area contributed by atoms with Crippen LogP contribution in [0, 0.1) is 5.92 Å². The molecule has 2 aromatic rings. The fourth-order valence-electron chi connectivity index (χ4n) is 3.93. The predicted octanol–water partition coefficient (Wildman–Crippen LogP) is 5.51. The molecule has 1 aliphatic heterocycles. The summed E-state index contributed by atoms with van der Waals surface area (Å²) in [6.07, 6.45) is 5.66. The molecule has 1 saturated heterocycles. The molecule has 1 fully saturated rings. The number of aryl methyl sites for hydroxylation is 2. The average Bonchev–Trinajstić information content (AvgIpc) is 2.82. The number of benzene rings is 2. The number of rotatable bonds is 10. The van der Waals surface area contributed by atoms with Gasteiger partial charge in [0, 0.05) is 19.0 Å². The number of piperidine rings is 1. The highest BCUT2D eigenvalue weighted by Crippen LogP contribution is 2.24. The van der Waals surface area contributed by atoms with Crippen molar-refractivity contribution in [2.75, 3.05) is 33.4 Å². The van der Waals surface area contributed by atoms with Crippen LogP contribution in [0.25, 0.3) is 0 Å². The lowest BCUT2D eigenvalue weighted by molar-refractivity contribution is 0.0747. The van der Waals surface area contributed by atoms with Crippen LogP contribution < -0.4 is 9.47 Å². The second-order valence-corrected chi connectivity index (χ2v) is 8.19.